The van der Waals surface area contributed by atoms with Gasteiger partial charge in [-0.05, 0) is 80.2 Å². The fourth-order valence-corrected chi connectivity index (χ4v) is 7.29. The van der Waals surface area contributed by atoms with E-state index < -0.39 is 0 Å². The van der Waals surface area contributed by atoms with E-state index in [0.717, 1.165) is 53.2 Å². The minimum atomic E-state index is -0.378. The van der Waals surface area contributed by atoms with Gasteiger partial charge >= 0.3 is 0 Å². The molecule has 8 heteroatoms. The number of halogens is 2. The summed E-state index contributed by atoms with van der Waals surface area (Å²) < 4.78 is 2.92. The summed E-state index contributed by atoms with van der Waals surface area (Å²) in [6.07, 6.45) is 9.51. The summed E-state index contributed by atoms with van der Waals surface area (Å²) in [6, 6.07) is 7.82. The van der Waals surface area contributed by atoms with Crippen LogP contribution in [0.25, 0.3) is 10.9 Å². The number of nitrogens with one attached hydrogen (secondary N) is 1. The Morgan fingerprint density at radius 3 is 2.70 bits per heavy atom. The molecule has 3 aromatic rings. The van der Waals surface area contributed by atoms with E-state index >= 15 is 0 Å². The monoisotopic (exact) mass is 485 g/mol. The molecule has 0 radical (unpaired) electrons. The molecule has 2 aromatic heterocycles. The van der Waals surface area contributed by atoms with Gasteiger partial charge in [0.15, 0.2) is 0 Å². The number of aromatic nitrogens is 4. The van der Waals surface area contributed by atoms with Crippen LogP contribution in [0.15, 0.2) is 41.3 Å². The lowest BCUT2D eigenvalue weighted by Crippen LogP contribution is -2.60. The second-order valence-electron chi connectivity index (χ2n) is 9.37. The molecule has 4 bridgehead atoms. The smallest absolute Gasteiger partial charge is 0.242 e. The minimum Gasteiger partial charge on any atom is -0.324 e. The second-order valence-corrected chi connectivity index (χ2v) is 10.6. The first-order chi connectivity index (χ1) is 14.5. The van der Waals surface area contributed by atoms with Gasteiger partial charge in [0.1, 0.15) is 6.33 Å². The summed E-state index contributed by atoms with van der Waals surface area (Å²) in [5, 5.41) is 8.97. The van der Waals surface area contributed by atoms with Crippen molar-refractivity contribution in [2.75, 3.05) is 5.32 Å². The van der Waals surface area contributed by atoms with Crippen LogP contribution in [0.1, 0.15) is 38.5 Å². The molecular formula is C22H21BrClN5O. The lowest BCUT2D eigenvalue weighted by Gasteiger charge is -2.60. The third-order valence-corrected chi connectivity index (χ3v) is 8.29. The molecule has 0 spiro atoms. The largest absolute Gasteiger partial charge is 0.324 e. The van der Waals surface area contributed by atoms with E-state index in [1.165, 1.54) is 6.42 Å². The van der Waals surface area contributed by atoms with Crippen LogP contribution in [0.5, 0.6) is 0 Å². The number of carbonyl (C=O) groups excluding carboxylic acids is 1. The second kappa shape index (κ2) is 6.50. The van der Waals surface area contributed by atoms with Crippen LogP contribution < -0.4 is 5.32 Å². The molecule has 4 aliphatic rings. The molecule has 4 fully saturated rings. The normalized spacial score (nSPS) is 31.9. The summed E-state index contributed by atoms with van der Waals surface area (Å²) in [5.74, 6) is 1.20. The van der Waals surface area contributed by atoms with Gasteiger partial charge in [0.05, 0.1) is 22.2 Å². The molecule has 0 aliphatic heterocycles. The molecule has 7 rings (SSSR count). The van der Waals surface area contributed by atoms with Crippen molar-refractivity contribution in [2.24, 2.45) is 17.3 Å². The Hall–Kier alpha value is -1.99. The number of hydrogen-bond donors (Lipinski definition) is 1. The zero-order valence-electron chi connectivity index (χ0n) is 16.3. The quantitative estimate of drug-likeness (QED) is 0.554. The number of benzene rings is 1. The van der Waals surface area contributed by atoms with Crippen molar-refractivity contribution >= 4 is 50.0 Å². The molecular weight excluding hydrogens is 466 g/mol. The van der Waals surface area contributed by atoms with Crippen molar-refractivity contribution in [3.63, 3.8) is 0 Å². The van der Waals surface area contributed by atoms with E-state index in [1.54, 1.807) is 12.5 Å². The summed E-state index contributed by atoms with van der Waals surface area (Å²) in [4.78, 5) is 22.4. The van der Waals surface area contributed by atoms with Crippen LogP contribution in [0.3, 0.4) is 0 Å². The van der Waals surface area contributed by atoms with Gasteiger partial charge in [-0.25, -0.2) is 9.67 Å². The highest BCUT2D eigenvalue weighted by molar-refractivity contribution is 9.10. The molecule has 1 aromatic carbocycles. The van der Waals surface area contributed by atoms with Crippen LogP contribution in [0, 0.1) is 17.3 Å². The average Bonchev–Trinajstić information content (AvgIpc) is 3.17. The van der Waals surface area contributed by atoms with Crippen LogP contribution in [0.2, 0.25) is 5.28 Å². The van der Waals surface area contributed by atoms with Crippen molar-refractivity contribution in [1.29, 1.82) is 0 Å². The first kappa shape index (κ1) is 18.8. The lowest BCUT2D eigenvalue weighted by atomic mass is 9.46. The predicted octanol–water partition coefficient (Wildman–Crippen LogP) is 5.18. The topological polar surface area (TPSA) is 72.7 Å². The summed E-state index contributed by atoms with van der Waals surface area (Å²) in [7, 11) is 0. The molecule has 2 atom stereocenters. The third-order valence-electron chi connectivity index (χ3n) is 7.43. The number of anilines is 1. The Morgan fingerprint density at radius 2 is 1.97 bits per heavy atom. The average molecular weight is 487 g/mol. The SMILES string of the molecule is O=C(Nc1ccc(Br)c2cccnc12)C12C[C@@H]3C[C@@H](C1)CC(n1cnc(Cl)n1)(C3)C2. The highest BCUT2D eigenvalue weighted by Crippen LogP contribution is 2.64. The fraction of sp³-hybridized carbons (Fsp3) is 0.455. The molecule has 4 saturated carbocycles. The molecule has 6 nitrogen and oxygen atoms in total. The standard InChI is InChI=1S/C22H21BrClN5O/c23-16-3-4-17(18-15(16)2-1-5-25-18)27-19(30)21-7-13-6-14(8-21)10-22(9-13,11-21)29-12-26-20(24)28-29/h1-5,12-14H,6-11H2,(H,27,30)/t13-,14-,21?,22?/m0/s1. The Kier molecular flexibility index (Phi) is 4.06. The van der Waals surface area contributed by atoms with Crippen LogP contribution in [-0.4, -0.2) is 25.7 Å². The molecule has 1 N–H and O–H groups in total. The van der Waals surface area contributed by atoms with E-state index in [9.17, 15) is 4.79 Å². The molecule has 1 amide bonds. The minimum absolute atomic E-state index is 0.112. The maximum Gasteiger partial charge on any atom is 0.242 e. The Balaban J connectivity index is 1.37. The molecule has 30 heavy (non-hydrogen) atoms. The number of rotatable bonds is 3. The van der Waals surface area contributed by atoms with E-state index in [4.69, 9.17) is 11.6 Å². The van der Waals surface area contributed by atoms with Crippen molar-refractivity contribution in [3.05, 3.63) is 46.5 Å². The Morgan fingerprint density at radius 1 is 1.17 bits per heavy atom. The van der Waals surface area contributed by atoms with Crippen LogP contribution in [0.4, 0.5) is 5.69 Å². The highest BCUT2D eigenvalue weighted by atomic mass is 79.9. The maximum absolute atomic E-state index is 13.8. The molecule has 0 saturated heterocycles. The van der Waals surface area contributed by atoms with E-state index in [1.807, 2.05) is 28.9 Å². The van der Waals surface area contributed by atoms with E-state index in [-0.39, 0.29) is 22.1 Å². The van der Waals surface area contributed by atoms with Crippen molar-refractivity contribution in [3.8, 4) is 0 Å². The van der Waals surface area contributed by atoms with Gasteiger partial charge in [0.2, 0.25) is 11.2 Å². The molecule has 0 unspecified atom stereocenters. The fourth-order valence-electron chi connectivity index (χ4n) is 6.71. The van der Waals surface area contributed by atoms with Gasteiger partial charge in [-0.15, -0.1) is 5.10 Å². The van der Waals surface area contributed by atoms with Gasteiger partial charge < -0.3 is 5.32 Å². The number of fused-ring (bicyclic) bond motifs is 1. The molecule has 2 heterocycles. The van der Waals surface area contributed by atoms with Gasteiger partial charge in [0, 0.05) is 16.1 Å². The highest BCUT2D eigenvalue weighted by Gasteiger charge is 2.61. The first-order valence-electron chi connectivity index (χ1n) is 10.4. The summed E-state index contributed by atoms with van der Waals surface area (Å²) in [5.41, 5.74) is 1.05. The number of amides is 1. The number of hydrogen-bond acceptors (Lipinski definition) is 4. The summed E-state index contributed by atoms with van der Waals surface area (Å²) >= 11 is 9.62. The summed E-state index contributed by atoms with van der Waals surface area (Å²) in [6.45, 7) is 0. The van der Waals surface area contributed by atoms with Crippen molar-refractivity contribution < 1.29 is 4.79 Å². The number of pyridine rings is 1. The van der Waals surface area contributed by atoms with E-state index in [0.29, 0.717) is 11.8 Å². The van der Waals surface area contributed by atoms with Gasteiger partial charge in [0.25, 0.3) is 0 Å². The van der Waals surface area contributed by atoms with Crippen molar-refractivity contribution in [1.82, 2.24) is 19.7 Å². The number of carbonyl (C=O) groups is 1. The van der Waals surface area contributed by atoms with Crippen molar-refractivity contribution in [2.45, 2.75) is 44.1 Å². The number of nitrogens with zero attached hydrogens (tertiary/aromatic N) is 4. The molecule has 154 valence electrons. The van der Waals surface area contributed by atoms with Crippen LogP contribution in [-0.2, 0) is 10.3 Å². The lowest BCUT2D eigenvalue weighted by molar-refractivity contribution is -0.150. The van der Waals surface area contributed by atoms with Crippen LogP contribution >= 0.6 is 27.5 Å². The first-order valence-corrected chi connectivity index (χ1v) is 11.6. The predicted molar refractivity (Wildman–Crippen MR) is 118 cm³/mol. The van der Waals surface area contributed by atoms with Gasteiger partial charge in [-0.3, -0.25) is 9.78 Å². The molecule has 4 aliphatic carbocycles. The maximum atomic E-state index is 13.8. The van der Waals surface area contributed by atoms with Gasteiger partial charge in [-0.2, -0.15) is 0 Å². The Labute approximate surface area is 187 Å². The third kappa shape index (κ3) is 2.74. The zero-order chi connectivity index (χ0) is 20.5. The Bertz CT molecular complexity index is 1160. The van der Waals surface area contributed by atoms with E-state index in [2.05, 4.69) is 36.3 Å². The zero-order valence-corrected chi connectivity index (χ0v) is 18.7. The van der Waals surface area contributed by atoms with Gasteiger partial charge in [-0.1, -0.05) is 22.0 Å².